The highest BCUT2D eigenvalue weighted by Crippen LogP contribution is 2.48. The van der Waals surface area contributed by atoms with Gasteiger partial charge in [0, 0.05) is 6.61 Å². The summed E-state index contributed by atoms with van der Waals surface area (Å²) >= 11 is 0. The summed E-state index contributed by atoms with van der Waals surface area (Å²) < 4.78 is 22.9. The van der Waals surface area contributed by atoms with E-state index in [1.54, 1.807) is 13.8 Å². The second kappa shape index (κ2) is 3.58. The molecule has 0 heterocycles. The molecule has 0 aromatic heterocycles. The lowest BCUT2D eigenvalue weighted by Crippen LogP contribution is -2.21. The normalized spacial score (nSPS) is 20.6. The van der Waals surface area contributed by atoms with Crippen LogP contribution in [0.3, 0.4) is 0 Å². The predicted octanol–water partition coefficient (Wildman–Crippen LogP) is 0.972. The second-order valence-corrected chi connectivity index (χ2v) is 7.00. The Labute approximate surface area is 80.1 Å². The van der Waals surface area contributed by atoms with E-state index in [9.17, 15) is 8.42 Å². The van der Waals surface area contributed by atoms with E-state index >= 15 is 0 Å². The Bertz CT molecular complexity index is 263. The lowest BCUT2D eigenvalue weighted by atomic mass is 10.1. The standard InChI is InChI=1S/C9H18O3S/c1-8(2)13(11,12)6-5-9(7-10)3-4-9/h8,10H,3-7H2,1-2H3. The van der Waals surface area contributed by atoms with Crippen LogP contribution in [0, 0.1) is 5.41 Å². The van der Waals surface area contributed by atoms with Gasteiger partial charge >= 0.3 is 0 Å². The molecular weight excluding hydrogens is 188 g/mol. The van der Waals surface area contributed by atoms with Crippen LogP contribution in [0.25, 0.3) is 0 Å². The zero-order chi connectivity index (χ0) is 10.1. The van der Waals surface area contributed by atoms with E-state index in [1.807, 2.05) is 0 Å². The topological polar surface area (TPSA) is 54.4 Å². The average molecular weight is 206 g/mol. The van der Waals surface area contributed by atoms with Gasteiger partial charge in [0.25, 0.3) is 0 Å². The Morgan fingerprint density at radius 3 is 2.23 bits per heavy atom. The zero-order valence-electron chi connectivity index (χ0n) is 8.28. The fraction of sp³-hybridized carbons (Fsp3) is 1.00. The lowest BCUT2D eigenvalue weighted by molar-refractivity contribution is 0.208. The molecule has 1 aliphatic carbocycles. The third kappa shape index (κ3) is 2.68. The van der Waals surface area contributed by atoms with Crippen molar-refractivity contribution in [3.8, 4) is 0 Å². The fourth-order valence-electron chi connectivity index (χ4n) is 1.26. The molecule has 0 unspecified atom stereocenters. The fourth-order valence-corrected chi connectivity index (χ4v) is 2.45. The maximum atomic E-state index is 11.4. The Hall–Kier alpha value is -0.0900. The first-order valence-electron chi connectivity index (χ1n) is 4.74. The van der Waals surface area contributed by atoms with Crippen molar-refractivity contribution < 1.29 is 13.5 Å². The van der Waals surface area contributed by atoms with Crippen molar-refractivity contribution in [3.05, 3.63) is 0 Å². The minimum atomic E-state index is -2.91. The van der Waals surface area contributed by atoms with Crippen LogP contribution < -0.4 is 0 Å². The van der Waals surface area contributed by atoms with Crippen LogP contribution in [0.5, 0.6) is 0 Å². The maximum absolute atomic E-state index is 11.4. The molecule has 13 heavy (non-hydrogen) atoms. The van der Waals surface area contributed by atoms with Gasteiger partial charge in [-0.1, -0.05) is 0 Å². The molecule has 0 atom stereocenters. The van der Waals surface area contributed by atoms with Crippen LogP contribution in [0.4, 0.5) is 0 Å². The number of aliphatic hydroxyl groups excluding tert-OH is 1. The molecule has 78 valence electrons. The zero-order valence-corrected chi connectivity index (χ0v) is 9.10. The monoisotopic (exact) mass is 206 g/mol. The van der Waals surface area contributed by atoms with Crippen LogP contribution in [0.15, 0.2) is 0 Å². The molecule has 1 rings (SSSR count). The summed E-state index contributed by atoms with van der Waals surface area (Å²) in [6.45, 7) is 3.54. The van der Waals surface area contributed by atoms with E-state index < -0.39 is 9.84 Å². The molecule has 3 nitrogen and oxygen atoms in total. The van der Waals surface area contributed by atoms with Gasteiger partial charge in [0.2, 0.25) is 0 Å². The van der Waals surface area contributed by atoms with Gasteiger partial charge in [-0.05, 0) is 38.5 Å². The molecule has 1 N–H and O–H groups in total. The molecule has 1 saturated carbocycles. The third-order valence-electron chi connectivity index (χ3n) is 2.93. The van der Waals surface area contributed by atoms with Gasteiger partial charge in [-0.3, -0.25) is 0 Å². The van der Waals surface area contributed by atoms with Gasteiger partial charge in [-0.2, -0.15) is 0 Å². The maximum Gasteiger partial charge on any atom is 0.152 e. The van der Waals surface area contributed by atoms with Gasteiger partial charge < -0.3 is 5.11 Å². The van der Waals surface area contributed by atoms with E-state index in [1.165, 1.54) is 0 Å². The third-order valence-corrected chi connectivity index (χ3v) is 5.14. The Morgan fingerprint density at radius 1 is 1.38 bits per heavy atom. The molecule has 0 bridgehead atoms. The molecule has 1 aliphatic rings. The predicted molar refractivity (Wildman–Crippen MR) is 52.3 cm³/mol. The number of hydrogen-bond donors (Lipinski definition) is 1. The summed E-state index contributed by atoms with van der Waals surface area (Å²) in [4.78, 5) is 0. The molecule has 0 radical (unpaired) electrons. The highest BCUT2D eigenvalue weighted by molar-refractivity contribution is 7.91. The van der Waals surface area contributed by atoms with Crippen molar-refractivity contribution >= 4 is 9.84 Å². The Balaban J connectivity index is 2.43. The first kappa shape index (κ1) is 11.0. The van der Waals surface area contributed by atoms with Gasteiger partial charge in [0.05, 0.1) is 11.0 Å². The molecule has 0 saturated heterocycles. The summed E-state index contributed by atoms with van der Waals surface area (Å²) in [6, 6.07) is 0. The minimum absolute atomic E-state index is 0.0397. The number of hydrogen-bond acceptors (Lipinski definition) is 3. The van der Waals surface area contributed by atoms with E-state index in [0.717, 1.165) is 12.8 Å². The molecule has 0 aliphatic heterocycles. The molecule has 0 amide bonds. The highest BCUT2D eigenvalue weighted by atomic mass is 32.2. The Morgan fingerprint density at radius 2 is 1.92 bits per heavy atom. The summed E-state index contributed by atoms with van der Waals surface area (Å²) in [5.41, 5.74) is -0.0397. The quantitative estimate of drug-likeness (QED) is 0.729. The van der Waals surface area contributed by atoms with Crippen molar-refractivity contribution in [2.24, 2.45) is 5.41 Å². The van der Waals surface area contributed by atoms with Gasteiger partial charge in [0.1, 0.15) is 0 Å². The van der Waals surface area contributed by atoms with Crippen molar-refractivity contribution in [1.82, 2.24) is 0 Å². The average Bonchev–Trinajstić information content (AvgIpc) is 2.81. The van der Waals surface area contributed by atoms with Gasteiger partial charge in [0.15, 0.2) is 9.84 Å². The van der Waals surface area contributed by atoms with Crippen molar-refractivity contribution in [2.75, 3.05) is 12.4 Å². The van der Waals surface area contributed by atoms with Crippen LogP contribution >= 0.6 is 0 Å². The number of sulfone groups is 1. The number of aliphatic hydroxyl groups is 1. The largest absolute Gasteiger partial charge is 0.396 e. The second-order valence-electron chi connectivity index (χ2n) is 4.32. The number of rotatable bonds is 5. The van der Waals surface area contributed by atoms with E-state index in [-0.39, 0.29) is 23.0 Å². The SMILES string of the molecule is CC(C)S(=O)(=O)CCC1(CO)CC1. The van der Waals surface area contributed by atoms with E-state index in [4.69, 9.17) is 5.11 Å². The molecule has 4 heteroatoms. The van der Waals surface area contributed by atoms with Crippen molar-refractivity contribution in [3.63, 3.8) is 0 Å². The first-order valence-corrected chi connectivity index (χ1v) is 6.46. The molecular formula is C9H18O3S. The van der Waals surface area contributed by atoms with E-state index in [2.05, 4.69) is 0 Å². The first-order chi connectivity index (χ1) is 5.92. The van der Waals surface area contributed by atoms with Crippen LogP contribution in [0.2, 0.25) is 0 Å². The van der Waals surface area contributed by atoms with Crippen molar-refractivity contribution in [1.29, 1.82) is 0 Å². The van der Waals surface area contributed by atoms with Crippen molar-refractivity contribution in [2.45, 2.75) is 38.4 Å². The summed E-state index contributed by atoms with van der Waals surface area (Å²) in [7, 11) is -2.91. The van der Waals surface area contributed by atoms with Gasteiger partial charge in [-0.25, -0.2) is 8.42 Å². The molecule has 0 aromatic rings. The summed E-state index contributed by atoms with van der Waals surface area (Å²) in [5.74, 6) is 0.227. The smallest absolute Gasteiger partial charge is 0.152 e. The minimum Gasteiger partial charge on any atom is -0.396 e. The highest BCUT2D eigenvalue weighted by Gasteiger charge is 2.42. The van der Waals surface area contributed by atoms with Crippen LogP contribution in [0.1, 0.15) is 33.1 Å². The molecule has 0 aromatic carbocycles. The molecule has 1 fully saturated rings. The summed E-state index contributed by atoms with van der Waals surface area (Å²) in [5, 5.41) is 8.71. The Kier molecular flexibility index (Phi) is 3.02. The lowest BCUT2D eigenvalue weighted by Gasteiger charge is -2.12. The summed E-state index contributed by atoms with van der Waals surface area (Å²) in [6.07, 6.45) is 2.60. The molecule has 0 spiro atoms. The van der Waals surface area contributed by atoms with Crippen LogP contribution in [-0.4, -0.2) is 31.1 Å². The van der Waals surface area contributed by atoms with Gasteiger partial charge in [-0.15, -0.1) is 0 Å². The van der Waals surface area contributed by atoms with E-state index in [0.29, 0.717) is 6.42 Å². The van der Waals surface area contributed by atoms with Crippen LogP contribution in [-0.2, 0) is 9.84 Å².